The van der Waals surface area contributed by atoms with Crippen LogP contribution in [0.3, 0.4) is 0 Å². The first-order valence-corrected chi connectivity index (χ1v) is 13.6. The fourth-order valence-corrected chi connectivity index (χ4v) is 5.55. The van der Waals surface area contributed by atoms with Gasteiger partial charge in [0, 0.05) is 29.3 Å². The van der Waals surface area contributed by atoms with E-state index in [1.165, 1.54) is 0 Å². The summed E-state index contributed by atoms with van der Waals surface area (Å²) in [5, 5.41) is 13.6. The standard InChI is InChI=1S/C34H37NO4/c1-4-5-6-7-8-9-10-11-15-23(2)26-21-29-33(30(37)22-26)32(25-16-14-17-27(36)20-25)31(24(3)35-29)34(38)39-28-18-12-13-19-28/h4-11,14-17,20,26,28,32,35-36H,1-2,12-13,18-19,21-22H2,3H3/b6-5-,8-7-,10-9-,15-11-. The fraction of sp³-hybridized carbons (Fsp3) is 0.294. The van der Waals surface area contributed by atoms with E-state index in [0.29, 0.717) is 35.2 Å². The number of phenolic OH excluding ortho intramolecular Hbond substituents is 1. The van der Waals surface area contributed by atoms with Crippen molar-refractivity contribution in [1.29, 1.82) is 0 Å². The van der Waals surface area contributed by atoms with E-state index in [0.717, 1.165) is 37.0 Å². The molecule has 39 heavy (non-hydrogen) atoms. The lowest BCUT2D eigenvalue weighted by Crippen LogP contribution is -2.37. The lowest BCUT2D eigenvalue weighted by molar-refractivity contribution is -0.144. The minimum absolute atomic E-state index is 0.0252. The summed E-state index contributed by atoms with van der Waals surface area (Å²) in [4.78, 5) is 27.2. The van der Waals surface area contributed by atoms with Gasteiger partial charge in [-0.2, -0.15) is 0 Å². The van der Waals surface area contributed by atoms with E-state index in [-0.39, 0.29) is 23.6 Å². The second kappa shape index (κ2) is 13.1. The van der Waals surface area contributed by atoms with Crippen LogP contribution in [0.5, 0.6) is 5.75 Å². The number of esters is 1. The third kappa shape index (κ3) is 6.85. The maximum Gasteiger partial charge on any atom is 0.337 e. The number of Topliss-reactive ketones (excluding diaryl/α,β-unsaturated/α-hetero) is 1. The number of nitrogens with one attached hydrogen (secondary N) is 1. The maximum absolute atomic E-state index is 13.7. The molecule has 2 unspecified atom stereocenters. The van der Waals surface area contributed by atoms with Gasteiger partial charge in [0.1, 0.15) is 11.9 Å². The maximum atomic E-state index is 13.7. The van der Waals surface area contributed by atoms with Crippen molar-refractivity contribution in [3.05, 3.63) is 126 Å². The van der Waals surface area contributed by atoms with Crippen molar-refractivity contribution >= 4 is 11.8 Å². The van der Waals surface area contributed by atoms with Gasteiger partial charge in [-0.25, -0.2) is 4.79 Å². The molecule has 2 atom stereocenters. The van der Waals surface area contributed by atoms with Crippen molar-refractivity contribution in [2.75, 3.05) is 0 Å². The largest absolute Gasteiger partial charge is 0.508 e. The van der Waals surface area contributed by atoms with E-state index in [1.807, 2.05) is 61.6 Å². The van der Waals surface area contributed by atoms with Crippen molar-refractivity contribution in [3.63, 3.8) is 0 Å². The Labute approximate surface area is 231 Å². The molecule has 3 aliphatic rings. The molecule has 0 amide bonds. The Morgan fingerprint density at radius 3 is 2.44 bits per heavy atom. The summed E-state index contributed by atoms with van der Waals surface area (Å²) in [5.41, 5.74) is 4.09. The highest BCUT2D eigenvalue weighted by Crippen LogP contribution is 2.45. The fourth-order valence-electron chi connectivity index (χ4n) is 5.55. The number of hydrogen-bond acceptors (Lipinski definition) is 5. The van der Waals surface area contributed by atoms with Crippen molar-refractivity contribution in [2.45, 2.75) is 57.5 Å². The van der Waals surface area contributed by atoms with Crippen LogP contribution < -0.4 is 5.32 Å². The van der Waals surface area contributed by atoms with Crippen LogP contribution in [0.1, 0.15) is 56.9 Å². The topological polar surface area (TPSA) is 75.6 Å². The van der Waals surface area contributed by atoms with Crippen molar-refractivity contribution in [3.8, 4) is 5.75 Å². The predicted molar refractivity (Wildman–Crippen MR) is 156 cm³/mol. The van der Waals surface area contributed by atoms with Crippen LogP contribution in [0.2, 0.25) is 0 Å². The van der Waals surface area contributed by atoms with Gasteiger partial charge in [-0.1, -0.05) is 85.5 Å². The van der Waals surface area contributed by atoms with Crippen molar-refractivity contribution < 1.29 is 19.4 Å². The lowest BCUT2D eigenvalue weighted by Gasteiger charge is -2.37. The molecule has 202 valence electrons. The molecule has 2 aliphatic carbocycles. The lowest BCUT2D eigenvalue weighted by atomic mass is 9.71. The second-order valence-electron chi connectivity index (χ2n) is 10.2. The Morgan fingerprint density at radius 1 is 1.05 bits per heavy atom. The Balaban J connectivity index is 1.58. The van der Waals surface area contributed by atoms with E-state index in [9.17, 15) is 14.7 Å². The predicted octanol–water partition coefficient (Wildman–Crippen LogP) is 7.04. The molecule has 1 aromatic rings. The van der Waals surface area contributed by atoms with Gasteiger partial charge in [0.15, 0.2) is 5.78 Å². The first-order valence-electron chi connectivity index (χ1n) is 13.6. The number of benzene rings is 1. The smallest absolute Gasteiger partial charge is 0.337 e. The third-order valence-electron chi connectivity index (χ3n) is 7.46. The molecule has 0 aromatic heterocycles. The molecule has 5 nitrogen and oxygen atoms in total. The summed E-state index contributed by atoms with van der Waals surface area (Å²) >= 11 is 0. The summed E-state index contributed by atoms with van der Waals surface area (Å²) < 4.78 is 5.89. The Bertz CT molecular complexity index is 1310. The minimum atomic E-state index is -0.593. The van der Waals surface area contributed by atoms with Crippen LogP contribution in [0, 0.1) is 5.92 Å². The molecule has 0 saturated heterocycles. The van der Waals surface area contributed by atoms with Gasteiger partial charge < -0.3 is 15.2 Å². The van der Waals surface area contributed by atoms with Crippen LogP contribution in [0.25, 0.3) is 0 Å². The zero-order chi connectivity index (χ0) is 27.8. The highest BCUT2D eigenvalue weighted by Gasteiger charge is 2.42. The Hall–Kier alpha value is -4.12. The SMILES string of the molecule is C=C\C=C/C=C\C=C/C=C\C(=C)C1CC(=O)C2=C(C1)NC(C)=C(C(=O)OC1CCCC1)C2c1cccc(O)c1. The molecule has 1 fully saturated rings. The molecule has 4 rings (SSSR count). The Kier molecular flexibility index (Phi) is 9.37. The van der Waals surface area contributed by atoms with Gasteiger partial charge in [0.05, 0.1) is 5.57 Å². The van der Waals surface area contributed by atoms with Gasteiger partial charge in [-0.15, -0.1) is 0 Å². The summed E-state index contributed by atoms with van der Waals surface area (Å²) in [6.07, 6.45) is 21.7. The molecule has 1 aliphatic heterocycles. The first-order chi connectivity index (χ1) is 18.9. The number of dihydropyridines is 1. The summed E-state index contributed by atoms with van der Waals surface area (Å²) in [6.45, 7) is 9.73. The molecule has 2 N–H and O–H groups in total. The van der Waals surface area contributed by atoms with Gasteiger partial charge in [0.2, 0.25) is 0 Å². The normalized spacial score (nSPS) is 22.3. The summed E-state index contributed by atoms with van der Waals surface area (Å²) in [6, 6.07) is 6.81. The van der Waals surface area contributed by atoms with E-state index in [4.69, 9.17) is 4.74 Å². The highest BCUT2D eigenvalue weighted by molar-refractivity contribution is 6.04. The molecule has 0 bridgehead atoms. The molecule has 1 aromatic carbocycles. The zero-order valence-corrected chi connectivity index (χ0v) is 22.6. The average Bonchev–Trinajstić information content (AvgIpc) is 3.42. The quantitative estimate of drug-likeness (QED) is 0.268. The van der Waals surface area contributed by atoms with Crippen LogP contribution in [0.15, 0.2) is 120 Å². The van der Waals surface area contributed by atoms with E-state index >= 15 is 0 Å². The number of carbonyl (C=O) groups excluding carboxylic acids is 2. The van der Waals surface area contributed by atoms with Crippen LogP contribution in [-0.2, 0) is 14.3 Å². The van der Waals surface area contributed by atoms with E-state index in [1.54, 1.807) is 24.3 Å². The highest BCUT2D eigenvalue weighted by atomic mass is 16.5. The number of hydrogen-bond donors (Lipinski definition) is 2. The third-order valence-corrected chi connectivity index (χ3v) is 7.46. The average molecular weight is 524 g/mol. The summed E-state index contributed by atoms with van der Waals surface area (Å²) in [5.74, 6) is -0.972. The molecule has 0 spiro atoms. The number of ether oxygens (including phenoxy) is 1. The van der Waals surface area contributed by atoms with E-state index in [2.05, 4.69) is 18.5 Å². The number of ketones is 1. The van der Waals surface area contributed by atoms with Crippen LogP contribution in [0.4, 0.5) is 0 Å². The number of phenols is 1. The van der Waals surface area contributed by atoms with Gasteiger partial charge in [-0.3, -0.25) is 4.79 Å². The van der Waals surface area contributed by atoms with Gasteiger partial charge in [-0.05, 0) is 62.6 Å². The van der Waals surface area contributed by atoms with Gasteiger partial charge in [0.25, 0.3) is 0 Å². The molecular formula is C34H37NO4. The molecule has 1 saturated carbocycles. The Morgan fingerprint density at radius 2 is 1.74 bits per heavy atom. The number of rotatable bonds is 9. The second-order valence-corrected chi connectivity index (χ2v) is 10.2. The molecular weight excluding hydrogens is 486 g/mol. The minimum Gasteiger partial charge on any atom is -0.508 e. The van der Waals surface area contributed by atoms with Gasteiger partial charge >= 0.3 is 5.97 Å². The zero-order valence-electron chi connectivity index (χ0n) is 22.6. The number of aromatic hydroxyl groups is 1. The van der Waals surface area contributed by atoms with E-state index < -0.39 is 11.9 Å². The molecule has 0 radical (unpaired) electrons. The number of allylic oxidation sites excluding steroid dienone is 13. The molecule has 5 heteroatoms. The van der Waals surface area contributed by atoms with Crippen molar-refractivity contribution in [1.82, 2.24) is 5.32 Å². The monoisotopic (exact) mass is 523 g/mol. The molecule has 1 heterocycles. The first kappa shape index (κ1) is 27.9. The van der Waals surface area contributed by atoms with Crippen LogP contribution in [-0.4, -0.2) is 23.0 Å². The summed E-state index contributed by atoms with van der Waals surface area (Å²) in [7, 11) is 0. The van der Waals surface area contributed by atoms with Crippen LogP contribution >= 0.6 is 0 Å². The van der Waals surface area contributed by atoms with Crippen molar-refractivity contribution in [2.24, 2.45) is 5.92 Å². The number of carbonyl (C=O) groups is 2.